The number of aromatic nitrogens is 2. The number of hydrogen-bond acceptors (Lipinski definition) is 5. The largest absolute Gasteiger partial charge is 0.330 e. The Morgan fingerprint density at radius 2 is 2.00 bits per heavy atom. The molecule has 1 heterocycles. The summed E-state index contributed by atoms with van der Waals surface area (Å²) < 4.78 is 0. The van der Waals surface area contributed by atoms with Crippen molar-refractivity contribution in [3.8, 4) is 0 Å². The van der Waals surface area contributed by atoms with E-state index in [1.54, 1.807) is 0 Å². The molecule has 0 bridgehead atoms. The average Bonchev–Trinajstić information content (AvgIpc) is 2.68. The fraction of sp³-hybridized carbons (Fsp3) is 0.200. The van der Waals surface area contributed by atoms with Gasteiger partial charge in [0, 0.05) is 12.1 Å². The van der Waals surface area contributed by atoms with Gasteiger partial charge in [-0.3, -0.25) is 0 Å². The maximum atomic E-state index is 5.44. The molecule has 5 heteroatoms. The molecule has 0 aliphatic rings. The van der Waals surface area contributed by atoms with Gasteiger partial charge < -0.3 is 11.1 Å². The number of rotatable bonds is 4. The van der Waals surface area contributed by atoms with Crippen molar-refractivity contribution in [2.24, 2.45) is 5.73 Å². The van der Waals surface area contributed by atoms with Gasteiger partial charge in [0.1, 0.15) is 5.01 Å². The molecule has 2 aromatic rings. The monoisotopic (exact) mass is 220 g/mol. The summed E-state index contributed by atoms with van der Waals surface area (Å²) in [5.41, 5.74) is 6.46. The van der Waals surface area contributed by atoms with Crippen molar-refractivity contribution < 1.29 is 0 Å². The lowest BCUT2D eigenvalue weighted by molar-refractivity contribution is 0.913. The topological polar surface area (TPSA) is 63.8 Å². The van der Waals surface area contributed by atoms with E-state index in [1.807, 2.05) is 30.3 Å². The minimum Gasteiger partial charge on any atom is -0.330 e. The first-order chi connectivity index (χ1) is 7.38. The molecule has 0 aliphatic carbocycles. The van der Waals surface area contributed by atoms with Crippen LogP contribution >= 0.6 is 11.3 Å². The number of para-hydroxylation sites is 1. The van der Waals surface area contributed by atoms with E-state index in [9.17, 15) is 0 Å². The molecule has 2 rings (SSSR count). The summed E-state index contributed by atoms with van der Waals surface area (Å²) in [5, 5.41) is 13.0. The van der Waals surface area contributed by atoms with Gasteiger partial charge in [-0.1, -0.05) is 29.5 Å². The molecule has 0 spiro atoms. The Labute approximate surface area is 92.2 Å². The van der Waals surface area contributed by atoms with Gasteiger partial charge in [0.25, 0.3) is 0 Å². The van der Waals surface area contributed by atoms with Gasteiger partial charge in [-0.05, 0) is 18.7 Å². The highest BCUT2D eigenvalue weighted by molar-refractivity contribution is 7.15. The van der Waals surface area contributed by atoms with Crippen molar-refractivity contribution in [3.63, 3.8) is 0 Å². The van der Waals surface area contributed by atoms with E-state index >= 15 is 0 Å². The van der Waals surface area contributed by atoms with E-state index in [0.29, 0.717) is 6.54 Å². The molecule has 1 aromatic heterocycles. The zero-order chi connectivity index (χ0) is 10.5. The number of hydrogen-bond donors (Lipinski definition) is 2. The van der Waals surface area contributed by atoms with Crippen molar-refractivity contribution >= 4 is 22.2 Å². The molecular weight excluding hydrogens is 208 g/mol. The minimum absolute atomic E-state index is 0.611. The molecule has 78 valence electrons. The van der Waals surface area contributed by atoms with E-state index in [2.05, 4.69) is 15.5 Å². The molecule has 0 atom stereocenters. The standard InChI is InChI=1S/C10H12N4S/c11-7-6-9-13-14-10(15-9)12-8-4-2-1-3-5-8/h1-5H,6-7,11H2,(H,12,14). The molecule has 4 nitrogen and oxygen atoms in total. The van der Waals surface area contributed by atoms with Crippen molar-refractivity contribution in [2.75, 3.05) is 11.9 Å². The SMILES string of the molecule is NCCc1nnc(Nc2ccccc2)s1. The third kappa shape index (κ3) is 2.74. The second kappa shape index (κ2) is 4.86. The zero-order valence-corrected chi connectivity index (χ0v) is 9.00. The molecule has 0 saturated heterocycles. The van der Waals surface area contributed by atoms with Crippen LogP contribution in [0.1, 0.15) is 5.01 Å². The molecule has 0 radical (unpaired) electrons. The first kappa shape index (κ1) is 10.1. The lowest BCUT2D eigenvalue weighted by atomic mass is 10.3. The Bertz CT molecular complexity index is 412. The van der Waals surface area contributed by atoms with Crippen molar-refractivity contribution in [2.45, 2.75) is 6.42 Å². The lowest BCUT2D eigenvalue weighted by Gasteiger charge is -1.99. The Hall–Kier alpha value is -1.46. The van der Waals surface area contributed by atoms with Crippen LogP contribution in [0.3, 0.4) is 0 Å². The summed E-state index contributed by atoms with van der Waals surface area (Å²) in [5.74, 6) is 0. The molecule has 1 aromatic carbocycles. The molecule has 15 heavy (non-hydrogen) atoms. The van der Waals surface area contributed by atoms with Crippen LogP contribution < -0.4 is 11.1 Å². The van der Waals surface area contributed by atoms with E-state index < -0.39 is 0 Å². The van der Waals surface area contributed by atoms with Gasteiger partial charge in [-0.15, -0.1) is 10.2 Å². The summed E-state index contributed by atoms with van der Waals surface area (Å²) in [6, 6.07) is 9.91. The Morgan fingerprint density at radius 1 is 1.20 bits per heavy atom. The number of benzene rings is 1. The smallest absolute Gasteiger partial charge is 0.210 e. The van der Waals surface area contributed by atoms with Gasteiger partial charge in [0.05, 0.1) is 0 Å². The predicted octanol–water partition coefficient (Wildman–Crippen LogP) is 1.78. The fourth-order valence-corrected chi connectivity index (χ4v) is 1.95. The fourth-order valence-electron chi connectivity index (χ4n) is 1.17. The first-order valence-electron chi connectivity index (χ1n) is 4.73. The molecule has 0 aliphatic heterocycles. The Balaban J connectivity index is 2.05. The molecule has 0 unspecified atom stereocenters. The molecule has 0 saturated carbocycles. The van der Waals surface area contributed by atoms with Crippen LogP contribution in [-0.4, -0.2) is 16.7 Å². The summed E-state index contributed by atoms with van der Waals surface area (Å²) in [7, 11) is 0. The van der Waals surface area contributed by atoms with Crippen molar-refractivity contribution in [1.82, 2.24) is 10.2 Å². The van der Waals surface area contributed by atoms with Crippen LogP contribution in [0.25, 0.3) is 0 Å². The normalized spacial score (nSPS) is 10.2. The molecule has 3 N–H and O–H groups in total. The zero-order valence-electron chi connectivity index (χ0n) is 8.18. The van der Waals surface area contributed by atoms with E-state index in [-0.39, 0.29) is 0 Å². The van der Waals surface area contributed by atoms with Crippen LogP contribution in [0.4, 0.5) is 10.8 Å². The number of nitrogens with zero attached hydrogens (tertiary/aromatic N) is 2. The van der Waals surface area contributed by atoms with Gasteiger partial charge >= 0.3 is 0 Å². The summed E-state index contributed by atoms with van der Waals surface area (Å²) in [6.07, 6.45) is 0.786. The highest BCUT2D eigenvalue weighted by atomic mass is 32.1. The number of anilines is 2. The van der Waals surface area contributed by atoms with Gasteiger partial charge in [0.15, 0.2) is 0 Å². The number of nitrogens with one attached hydrogen (secondary N) is 1. The highest BCUT2D eigenvalue weighted by Gasteiger charge is 2.02. The van der Waals surface area contributed by atoms with Crippen molar-refractivity contribution in [3.05, 3.63) is 35.3 Å². The van der Waals surface area contributed by atoms with Gasteiger partial charge in [0.2, 0.25) is 5.13 Å². The van der Waals surface area contributed by atoms with E-state index in [1.165, 1.54) is 11.3 Å². The second-order valence-corrected chi connectivity index (χ2v) is 4.09. The predicted molar refractivity (Wildman–Crippen MR) is 62.4 cm³/mol. The van der Waals surface area contributed by atoms with Gasteiger partial charge in [-0.2, -0.15) is 0 Å². The van der Waals surface area contributed by atoms with E-state index in [0.717, 1.165) is 22.2 Å². The van der Waals surface area contributed by atoms with Crippen LogP contribution in [-0.2, 0) is 6.42 Å². The van der Waals surface area contributed by atoms with E-state index in [4.69, 9.17) is 5.73 Å². The maximum Gasteiger partial charge on any atom is 0.210 e. The summed E-state index contributed by atoms with van der Waals surface area (Å²) >= 11 is 1.54. The number of nitrogens with two attached hydrogens (primary N) is 1. The summed E-state index contributed by atoms with van der Waals surface area (Å²) in [4.78, 5) is 0. The van der Waals surface area contributed by atoms with Crippen LogP contribution in [0.5, 0.6) is 0 Å². The quantitative estimate of drug-likeness (QED) is 0.824. The first-order valence-corrected chi connectivity index (χ1v) is 5.54. The minimum atomic E-state index is 0.611. The average molecular weight is 220 g/mol. The van der Waals surface area contributed by atoms with Gasteiger partial charge in [-0.25, -0.2) is 0 Å². The van der Waals surface area contributed by atoms with Crippen molar-refractivity contribution in [1.29, 1.82) is 0 Å². The Kier molecular flexibility index (Phi) is 3.26. The Morgan fingerprint density at radius 3 is 2.73 bits per heavy atom. The molecular formula is C10H12N4S. The molecule has 0 amide bonds. The second-order valence-electron chi connectivity index (χ2n) is 3.03. The highest BCUT2D eigenvalue weighted by Crippen LogP contribution is 2.20. The third-order valence-corrected chi connectivity index (χ3v) is 2.75. The van der Waals surface area contributed by atoms with Crippen LogP contribution in [0.2, 0.25) is 0 Å². The third-order valence-electron chi connectivity index (χ3n) is 1.85. The van der Waals surface area contributed by atoms with Crippen LogP contribution in [0.15, 0.2) is 30.3 Å². The summed E-state index contributed by atoms with van der Waals surface area (Å²) in [6.45, 7) is 0.611. The molecule has 0 fully saturated rings. The maximum absolute atomic E-state index is 5.44. The van der Waals surface area contributed by atoms with Crippen LogP contribution in [0, 0.1) is 0 Å². The lowest BCUT2D eigenvalue weighted by Crippen LogP contribution is -2.01.